The highest BCUT2D eigenvalue weighted by molar-refractivity contribution is 5.74. The third-order valence-corrected chi connectivity index (χ3v) is 14.7. The number of carboxylic acid groups (broad SMARTS) is 1. The van der Waals surface area contributed by atoms with E-state index in [0.717, 1.165) is 64.2 Å². The second kappa shape index (κ2) is 14.8. The van der Waals surface area contributed by atoms with Gasteiger partial charge in [0, 0.05) is 5.41 Å². The first-order valence-corrected chi connectivity index (χ1v) is 19.4. The largest absolute Gasteiger partial charge is 0.481 e. The van der Waals surface area contributed by atoms with E-state index in [0.29, 0.717) is 18.4 Å². The molecule has 10 heteroatoms. The number of aliphatic carboxylic acids is 1. The lowest BCUT2D eigenvalue weighted by Crippen LogP contribution is -2.56. The zero-order valence-corrected chi connectivity index (χ0v) is 32.4. The number of hydrogen-bond donors (Lipinski definition) is 5. The number of fused-ring (bicyclic) bond motifs is 4. The molecule has 0 bridgehead atoms. The molecule has 5 aliphatic rings. The minimum atomic E-state index is -1.65. The van der Waals surface area contributed by atoms with E-state index in [2.05, 4.69) is 54.5 Å². The van der Waals surface area contributed by atoms with Gasteiger partial charge in [0.2, 0.25) is 0 Å². The van der Waals surface area contributed by atoms with Gasteiger partial charge in [0.05, 0.1) is 31.7 Å². The average molecular weight is 719 g/mol. The highest BCUT2D eigenvalue weighted by Crippen LogP contribution is 2.72. The van der Waals surface area contributed by atoms with Gasteiger partial charge in [-0.3, -0.25) is 9.59 Å². The number of carbonyl (C=O) groups excluding carboxylic acids is 1. The van der Waals surface area contributed by atoms with Crippen LogP contribution in [0, 0.1) is 39.4 Å². The van der Waals surface area contributed by atoms with Crippen LogP contribution in [-0.2, 0) is 23.8 Å². The zero-order valence-electron chi connectivity index (χ0n) is 32.4. The number of carbonyl (C=O) groups is 2. The minimum absolute atomic E-state index is 0.0109. The summed E-state index contributed by atoms with van der Waals surface area (Å²) in [6, 6.07) is 0. The smallest absolute Gasteiger partial charge is 0.309 e. The maximum atomic E-state index is 13.0. The van der Waals surface area contributed by atoms with Gasteiger partial charge in [-0.1, -0.05) is 57.4 Å². The SMILES string of the molecule is CC(C)=CCC[C@@H](CO[C@H]1OC[C@@H](O)[C@H](O)[C@H]1O)[C@H]1CC[C@@]2(C)C3=C(CC[C@]12C)[C@@]1(C)CC[C@@H](OC(=O)CC(C)(O)CC(=O)O)C(C)(C)C1CC3. The molecular weight excluding hydrogens is 652 g/mol. The Bertz CT molecular complexity index is 1360. The van der Waals surface area contributed by atoms with Gasteiger partial charge in [0.1, 0.15) is 24.4 Å². The van der Waals surface area contributed by atoms with Gasteiger partial charge in [0.25, 0.3) is 0 Å². The van der Waals surface area contributed by atoms with E-state index in [4.69, 9.17) is 19.3 Å². The van der Waals surface area contributed by atoms with Crippen molar-refractivity contribution in [3.8, 4) is 0 Å². The number of ether oxygens (including phenoxy) is 3. The van der Waals surface area contributed by atoms with Gasteiger partial charge in [-0.2, -0.15) is 0 Å². The highest BCUT2D eigenvalue weighted by Gasteiger charge is 2.64. The predicted octanol–water partition coefficient (Wildman–Crippen LogP) is 6.08. The summed E-state index contributed by atoms with van der Waals surface area (Å²) in [6.07, 6.45) is 6.34. The molecule has 0 aromatic heterocycles. The Balaban J connectivity index is 1.35. The fraction of sp³-hybridized carbons (Fsp3) is 0.854. The van der Waals surface area contributed by atoms with E-state index in [1.807, 2.05) is 0 Å². The number of esters is 1. The van der Waals surface area contributed by atoms with E-state index >= 15 is 0 Å². The number of allylic oxidation sites excluding steroid dienone is 4. The summed E-state index contributed by atoms with van der Waals surface area (Å²) >= 11 is 0. The molecule has 5 rings (SSSR count). The number of carboxylic acids is 1. The van der Waals surface area contributed by atoms with Crippen LogP contribution in [0.1, 0.15) is 132 Å². The van der Waals surface area contributed by atoms with Crippen LogP contribution in [0.5, 0.6) is 0 Å². The molecule has 5 N–H and O–H groups in total. The molecular formula is C41H66O10. The van der Waals surface area contributed by atoms with E-state index in [-0.39, 0.29) is 46.7 Å². The van der Waals surface area contributed by atoms with Gasteiger partial charge >= 0.3 is 11.9 Å². The topological polar surface area (TPSA) is 163 Å². The van der Waals surface area contributed by atoms with Crippen molar-refractivity contribution in [2.45, 2.75) is 169 Å². The van der Waals surface area contributed by atoms with E-state index < -0.39 is 48.6 Å². The normalized spacial score (nSPS) is 40.7. The van der Waals surface area contributed by atoms with Crippen LogP contribution in [0.25, 0.3) is 0 Å². The molecule has 1 aliphatic heterocycles. The summed E-state index contributed by atoms with van der Waals surface area (Å²) in [5.74, 6) is -0.725. The number of hydrogen-bond acceptors (Lipinski definition) is 9. The van der Waals surface area contributed by atoms with Crippen molar-refractivity contribution >= 4 is 11.9 Å². The third-order valence-electron chi connectivity index (χ3n) is 14.7. The van der Waals surface area contributed by atoms with Crippen molar-refractivity contribution in [3.63, 3.8) is 0 Å². The monoisotopic (exact) mass is 718 g/mol. The van der Waals surface area contributed by atoms with Crippen molar-refractivity contribution < 1.29 is 49.3 Å². The molecule has 0 aromatic rings. The first kappa shape index (κ1) is 40.4. The Morgan fingerprint density at radius 3 is 2.33 bits per heavy atom. The van der Waals surface area contributed by atoms with E-state index in [1.165, 1.54) is 12.5 Å². The lowest BCUT2D eigenvalue weighted by atomic mass is 9.43. The van der Waals surface area contributed by atoms with Gasteiger partial charge in [-0.05, 0) is 119 Å². The first-order chi connectivity index (χ1) is 23.7. The maximum Gasteiger partial charge on any atom is 0.309 e. The molecule has 3 fully saturated rings. The van der Waals surface area contributed by atoms with Gasteiger partial charge in [-0.25, -0.2) is 0 Å². The van der Waals surface area contributed by atoms with Crippen LogP contribution in [-0.4, -0.2) is 87.0 Å². The van der Waals surface area contributed by atoms with E-state index in [9.17, 15) is 30.0 Å². The molecule has 2 unspecified atom stereocenters. The molecule has 1 heterocycles. The second-order valence-electron chi connectivity index (χ2n) is 18.6. The van der Waals surface area contributed by atoms with Crippen molar-refractivity contribution in [2.75, 3.05) is 13.2 Å². The zero-order chi connectivity index (χ0) is 37.7. The van der Waals surface area contributed by atoms with Crippen molar-refractivity contribution in [1.29, 1.82) is 0 Å². The molecule has 0 spiro atoms. The van der Waals surface area contributed by atoms with Gasteiger partial charge < -0.3 is 39.7 Å². The summed E-state index contributed by atoms with van der Waals surface area (Å²) in [5.41, 5.74) is 2.69. The average Bonchev–Trinajstić information content (AvgIpc) is 3.29. The van der Waals surface area contributed by atoms with Crippen LogP contribution in [0.2, 0.25) is 0 Å². The minimum Gasteiger partial charge on any atom is -0.481 e. The quantitative estimate of drug-likeness (QED) is 0.118. The number of aliphatic hydroxyl groups excluding tert-OH is 3. The molecule has 0 aromatic carbocycles. The fourth-order valence-corrected chi connectivity index (χ4v) is 11.7. The summed E-state index contributed by atoms with van der Waals surface area (Å²) in [5, 5.41) is 50.5. The first-order valence-electron chi connectivity index (χ1n) is 19.4. The van der Waals surface area contributed by atoms with Crippen molar-refractivity contribution in [3.05, 3.63) is 22.8 Å². The summed E-state index contributed by atoms with van der Waals surface area (Å²) in [6.45, 7) is 17.9. The predicted molar refractivity (Wildman–Crippen MR) is 192 cm³/mol. The van der Waals surface area contributed by atoms with Gasteiger partial charge in [0.15, 0.2) is 6.29 Å². The lowest BCUT2D eigenvalue weighted by Gasteiger charge is -2.62. The highest BCUT2D eigenvalue weighted by atomic mass is 16.7. The lowest BCUT2D eigenvalue weighted by molar-refractivity contribution is -0.274. The molecule has 2 saturated carbocycles. The third kappa shape index (κ3) is 7.61. The molecule has 12 atom stereocenters. The molecule has 51 heavy (non-hydrogen) atoms. The molecule has 0 radical (unpaired) electrons. The summed E-state index contributed by atoms with van der Waals surface area (Å²) in [4.78, 5) is 24.2. The number of rotatable bonds is 12. The Labute approximate surface area is 305 Å². The second-order valence-corrected chi connectivity index (χ2v) is 18.6. The fourth-order valence-electron chi connectivity index (χ4n) is 11.7. The molecule has 290 valence electrons. The molecule has 0 amide bonds. The van der Waals surface area contributed by atoms with Crippen LogP contribution >= 0.6 is 0 Å². The Kier molecular flexibility index (Phi) is 11.7. The van der Waals surface area contributed by atoms with Crippen LogP contribution < -0.4 is 0 Å². The molecule has 4 aliphatic carbocycles. The summed E-state index contributed by atoms with van der Waals surface area (Å²) < 4.78 is 17.9. The van der Waals surface area contributed by atoms with Crippen LogP contribution in [0.3, 0.4) is 0 Å². The van der Waals surface area contributed by atoms with Crippen LogP contribution in [0.15, 0.2) is 22.8 Å². The van der Waals surface area contributed by atoms with Crippen molar-refractivity contribution in [2.24, 2.45) is 39.4 Å². The Morgan fingerprint density at radius 2 is 1.67 bits per heavy atom. The van der Waals surface area contributed by atoms with Crippen LogP contribution in [0.4, 0.5) is 0 Å². The molecule has 1 saturated heterocycles. The van der Waals surface area contributed by atoms with Crippen molar-refractivity contribution in [1.82, 2.24) is 0 Å². The van der Waals surface area contributed by atoms with E-state index in [1.54, 1.807) is 11.1 Å². The Morgan fingerprint density at radius 1 is 0.961 bits per heavy atom. The Hall–Kier alpha value is -1.82. The maximum absolute atomic E-state index is 13.0. The van der Waals surface area contributed by atoms with Gasteiger partial charge in [-0.15, -0.1) is 0 Å². The summed E-state index contributed by atoms with van der Waals surface area (Å²) in [7, 11) is 0. The molecule has 10 nitrogen and oxygen atoms in total. The standard InChI is InChI=1S/C41H66O10/c1-24(2)10-9-11-25(22-49-36-35(47)34(46)29(42)23-50-36)26-14-18-41(8)28-12-13-30-37(3,4)31(51-33(45)21-38(5,48)20-32(43)44)16-17-39(30,6)27(28)15-19-40(26,41)7/h10,25-26,29-31,34-36,42,46-48H,9,11-23H2,1-8H3,(H,43,44)/t25-,26+,29+,30?,31+,34-,35+,36-,38?,39+,40+,41-/m0/s1. The number of aliphatic hydroxyl groups is 4.